The molecule has 3 aliphatic heterocycles. The minimum Gasteiger partial charge on any atom is -0.388 e. The van der Waals surface area contributed by atoms with Gasteiger partial charge in [0.15, 0.2) is 6.20 Å². The molecule has 2 atom stereocenters. The molecule has 2 amide bonds. The van der Waals surface area contributed by atoms with Crippen molar-refractivity contribution in [2.24, 2.45) is 0 Å². The fourth-order valence-electron chi connectivity index (χ4n) is 11.3. The highest BCUT2D eigenvalue weighted by Gasteiger charge is 2.54. The second-order valence-corrected chi connectivity index (χ2v) is 18.6. The first-order valence-electron chi connectivity index (χ1n) is 24.1. The van der Waals surface area contributed by atoms with Crippen molar-refractivity contribution < 1.29 is 42.5 Å². The molecule has 0 N–H and O–H groups in total. The number of rotatable bonds is 6. The zero-order valence-corrected chi connectivity index (χ0v) is 38.5. The molecule has 1 saturated heterocycles. The SMILES string of the molecule is O=C(CCc1ccc(-c2ccc3[n+](c2)C(C2C[n+]4c(c5ccccc5c5ccccc54)-c4ccccc4Cc4ccccc4-c4c5ccccc5c5ccccc5[n+]42)OC3=O)cc1)ON1C(=O)CCC1=O. The Morgan fingerprint density at radius 2 is 1.10 bits per heavy atom. The number of para-hydroxylation sites is 2. The van der Waals surface area contributed by atoms with E-state index in [1.807, 2.05) is 47.2 Å². The summed E-state index contributed by atoms with van der Waals surface area (Å²) in [6.45, 7) is 0.420. The van der Waals surface area contributed by atoms with Gasteiger partial charge in [-0.25, -0.2) is 9.59 Å². The Kier molecular flexibility index (Phi) is 10.1. The van der Waals surface area contributed by atoms with Crippen LogP contribution in [0.15, 0.2) is 188 Å². The normalized spacial score (nSPS) is 16.3. The number of ether oxygens (including phenoxy) is 1. The number of cyclic esters (lactones) is 1. The molecule has 13 rings (SSSR count). The maximum Gasteiger partial charge on any atom is 0.409 e. The summed E-state index contributed by atoms with van der Waals surface area (Å²) < 4.78 is 13.8. The average Bonchev–Trinajstić information content (AvgIpc) is 3.91. The number of esters is 1. The molecule has 1 fully saturated rings. The van der Waals surface area contributed by atoms with Crippen molar-refractivity contribution >= 4 is 67.1 Å². The number of hydroxylamine groups is 2. The zero-order valence-electron chi connectivity index (χ0n) is 38.5. The number of carbonyl (C=O) groups is 4. The van der Waals surface area contributed by atoms with Crippen LogP contribution >= 0.6 is 0 Å². The number of imide groups is 1. The minimum atomic E-state index is -0.806. The van der Waals surface area contributed by atoms with E-state index in [4.69, 9.17) is 9.57 Å². The van der Waals surface area contributed by atoms with Gasteiger partial charge < -0.3 is 9.57 Å². The van der Waals surface area contributed by atoms with Crippen molar-refractivity contribution in [1.82, 2.24) is 5.06 Å². The van der Waals surface area contributed by atoms with E-state index < -0.39 is 36.0 Å². The third kappa shape index (κ3) is 7.04. The van der Waals surface area contributed by atoms with Gasteiger partial charge in [-0.2, -0.15) is 9.13 Å². The molecule has 2 unspecified atom stereocenters. The third-order valence-electron chi connectivity index (χ3n) is 14.6. The van der Waals surface area contributed by atoms with Gasteiger partial charge in [0, 0.05) is 47.4 Å². The van der Waals surface area contributed by atoms with Gasteiger partial charge in [0.1, 0.15) is 0 Å². The molecule has 10 heteroatoms. The van der Waals surface area contributed by atoms with Gasteiger partial charge in [-0.15, -0.1) is 9.63 Å². The predicted octanol–water partition coefficient (Wildman–Crippen LogP) is 10.2. The van der Waals surface area contributed by atoms with Crippen LogP contribution < -0.4 is 13.7 Å². The Morgan fingerprint density at radius 3 is 1.77 bits per heavy atom. The number of amides is 2. The quantitative estimate of drug-likeness (QED) is 0.0713. The number of aromatic nitrogens is 3. The smallest absolute Gasteiger partial charge is 0.388 e. The number of nitrogens with zero attached hydrogens (tertiary/aromatic N) is 4. The summed E-state index contributed by atoms with van der Waals surface area (Å²) in [7, 11) is 0. The van der Waals surface area contributed by atoms with Crippen LogP contribution in [0, 0.1) is 0 Å². The molecule has 0 spiro atoms. The van der Waals surface area contributed by atoms with Crippen molar-refractivity contribution in [3.8, 4) is 33.6 Å². The maximum atomic E-state index is 14.5. The number of fused-ring (bicyclic) bond motifs is 17. The van der Waals surface area contributed by atoms with E-state index in [-0.39, 0.29) is 19.3 Å². The van der Waals surface area contributed by atoms with Crippen LogP contribution in [0.4, 0.5) is 0 Å². The molecule has 10 aromatic rings. The van der Waals surface area contributed by atoms with Gasteiger partial charge >= 0.3 is 24.2 Å². The summed E-state index contributed by atoms with van der Waals surface area (Å²) in [5.41, 5.74) is 12.0. The lowest BCUT2D eigenvalue weighted by Gasteiger charge is -2.20. The lowest BCUT2D eigenvalue weighted by molar-refractivity contribution is -0.848. The number of hydrogen-bond donors (Lipinski definition) is 0. The van der Waals surface area contributed by atoms with Crippen molar-refractivity contribution in [3.63, 3.8) is 0 Å². The molecular formula is C61H45N4O6+3. The topological polar surface area (TPSA) is 102 Å². The Balaban J connectivity index is 1.02. The first-order chi connectivity index (χ1) is 34.9. The number of aryl methyl sites for hydroxylation is 1. The van der Waals surface area contributed by atoms with Crippen LogP contribution in [0.2, 0.25) is 0 Å². The Morgan fingerprint density at radius 1 is 0.563 bits per heavy atom. The number of hydrogen-bond acceptors (Lipinski definition) is 6. The standard InChI is InChI=1S/C61H45N4O6/c66-55-32-33-56(67)65(55)71-57(68)34-27-38-25-28-39(29-26-38)42-30-31-53-61(69)70-60(63(53)36-42)54-37-62-51-23-11-9-19-47(51)45-17-5-7-21-49(45)58(62)43-15-3-1-13-40(43)35-41-14-2-4-16-44(41)59-50-22-8-6-18-46(50)48-20-10-12-24-52(48)64(54)59/h1-26,28-31,36,54,60H,27,32-35,37H2/q+3. The molecule has 3 aromatic heterocycles. The van der Waals surface area contributed by atoms with Crippen molar-refractivity contribution in [3.05, 3.63) is 211 Å². The fourth-order valence-corrected chi connectivity index (χ4v) is 11.3. The summed E-state index contributed by atoms with van der Waals surface area (Å²) in [4.78, 5) is 56.2. The van der Waals surface area contributed by atoms with E-state index in [0.717, 1.165) is 82.6 Å². The van der Waals surface area contributed by atoms with Crippen molar-refractivity contribution in [2.45, 2.75) is 50.9 Å². The van der Waals surface area contributed by atoms with Crippen LogP contribution in [0.3, 0.4) is 0 Å². The minimum absolute atomic E-state index is 0.000981. The molecule has 7 aromatic carbocycles. The van der Waals surface area contributed by atoms with Gasteiger partial charge in [0.2, 0.25) is 29.0 Å². The molecule has 0 bridgehead atoms. The highest BCUT2D eigenvalue weighted by atomic mass is 16.7. The zero-order chi connectivity index (χ0) is 47.7. The van der Waals surface area contributed by atoms with Crippen LogP contribution in [-0.4, -0.2) is 28.8 Å². The highest BCUT2D eigenvalue weighted by molar-refractivity contribution is 6.10. The summed E-state index contributed by atoms with van der Waals surface area (Å²) in [6.07, 6.45) is 2.35. The molecule has 0 aliphatic carbocycles. The van der Waals surface area contributed by atoms with Gasteiger partial charge in [-0.3, -0.25) is 9.59 Å². The van der Waals surface area contributed by atoms with Gasteiger partial charge in [0.05, 0.1) is 39.1 Å². The highest BCUT2D eigenvalue weighted by Crippen LogP contribution is 2.41. The molecule has 71 heavy (non-hydrogen) atoms. The lowest BCUT2D eigenvalue weighted by Crippen LogP contribution is -2.59. The van der Waals surface area contributed by atoms with Crippen LogP contribution in [0.25, 0.3) is 77.0 Å². The molecule has 342 valence electrons. The summed E-state index contributed by atoms with van der Waals surface area (Å²) in [5, 5.41) is 7.34. The van der Waals surface area contributed by atoms with E-state index in [9.17, 15) is 19.2 Å². The van der Waals surface area contributed by atoms with Crippen LogP contribution in [-0.2, 0) is 43.3 Å². The van der Waals surface area contributed by atoms with E-state index in [1.54, 1.807) is 0 Å². The predicted molar refractivity (Wildman–Crippen MR) is 268 cm³/mol. The lowest BCUT2D eigenvalue weighted by atomic mass is 9.90. The first kappa shape index (κ1) is 42.2. The average molecular weight is 930 g/mol. The van der Waals surface area contributed by atoms with E-state index in [1.165, 1.54) is 11.1 Å². The maximum absolute atomic E-state index is 14.5. The molecule has 6 heterocycles. The molecule has 10 nitrogen and oxygen atoms in total. The Labute approximate surface area is 408 Å². The fraction of sp³-hybridized carbons (Fsp3) is 0.131. The Bertz CT molecular complexity index is 3890. The van der Waals surface area contributed by atoms with E-state index >= 15 is 0 Å². The third-order valence-corrected chi connectivity index (χ3v) is 14.6. The number of pyridine rings is 3. The molecule has 3 aliphatic rings. The molecule has 0 saturated carbocycles. The second kappa shape index (κ2) is 17.0. The van der Waals surface area contributed by atoms with Crippen LogP contribution in [0.5, 0.6) is 0 Å². The van der Waals surface area contributed by atoms with E-state index in [0.29, 0.717) is 30.1 Å². The van der Waals surface area contributed by atoms with E-state index in [2.05, 4.69) is 155 Å². The van der Waals surface area contributed by atoms with Crippen molar-refractivity contribution in [2.75, 3.05) is 0 Å². The Hall–Kier alpha value is -8.89. The number of benzene rings is 7. The van der Waals surface area contributed by atoms with Gasteiger partial charge in [0.25, 0.3) is 17.5 Å². The summed E-state index contributed by atoms with van der Waals surface area (Å²) >= 11 is 0. The first-order valence-corrected chi connectivity index (χ1v) is 24.1. The molecule has 0 radical (unpaired) electrons. The monoisotopic (exact) mass is 929 g/mol. The van der Waals surface area contributed by atoms with Gasteiger partial charge in [-0.1, -0.05) is 121 Å². The van der Waals surface area contributed by atoms with Crippen LogP contribution in [0.1, 0.15) is 58.7 Å². The summed E-state index contributed by atoms with van der Waals surface area (Å²) in [6, 6.07) is 63.3. The van der Waals surface area contributed by atoms with Gasteiger partial charge in [-0.05, 0) is 77.6 Å². The largest absolute Gasteiger partial charge is 0.409 e. The number of carbonyl (C=O) groups excluding carboxylic acids is 4. The summed E-state index contributed by atoms with van der Waals surface area (Å²) in [5.74, 6) is -2.05. The van der Waals surface area contributed by atoms with Crippen molar-refractivity contribution in [1.29, 1.82) is 0 Å². The second-order valence-electron chi connectivity index (χ2n) is 18.6. The molecular weight excluding hydrogens is 885 g/mol.